The molecule has 2 aromatic rings. The second-order valence-corrected chi connectivity index (χ2v) is 6.60. The van der Waals surface area contributed by atoms with Crippen molar-refractivity contribution in [1.29, 1.82) is 0 Å². The number of rotatable bonds is 3. The van der Waals surface area contributed by atoms with E-state index in [2.05, 4.69) is 42.2 Å². The van der Waals surface area contributed by atoms with Gasteiger partial charge < -0.3 is 10.3 Å². The summed E-state index contributed by atoms with van der Waals surface area (Å²) in [5, 5.41) is 4.10. The number of nitrogens with two attached hydrogens (primary N) is 1. The van der Waals surface area contributed by atoms with Crippen molar-refractivity contribution in [2.45, 2.75) is 32.2 Å². The van der Waals surface area contributed by atoms with Gasteiger partial charge in [-0.2, -0.15) is 16.7 Å². The average Bonchev–Trinajstić information content (AvgIpc) is 2.96. The molecule has 5 heteroatoms. The third-order valence-electron chi connectivity index (χ3n) is 3.57. The molecule has 106 valence electrons. The highest BCUT2D eigenvalue weighted by atomic mass is 32.2. The zero-order valence-electron chi connectivity index (χ0n) is 11.8. The number of aryl methyl sites for hydroxylation is 2. The van der Waals surface area contributed by atoms with Gasteiger partial charge in [0.2, 0.25) is 5.89 Å². The van der Waals surface area contributed by atoms with E-state index in [0.717, 1.165) is 17.3 Å². The van der Waals surface area contributed by atoms with Crippen molar-refractivity contribution in [3.05, 3.63) is 46.6 Å². The highest BCUT2D eigenvalue weighted by Crippen LogP contribution is 2.30. The molecule has 0 saturated carbocycles. The Bertz CT molecular complexity index is 591. The molecule has 1 aromatic carbocycles. The molecule has 1 fully saturated rings. The maximum absolute atomic E-state index is 6.06. The average molecular weight is 289 g/mol. The summed E-state index contributed by atoms with van der Waals surface area (Å²) in [5.41, 5.74) is 9.81. The van der Waals surface area contributed by atoms with E-state index in [-0.39, 0.29) is 12.0 Å². The molecule has 1 aromatic heterocycles. The van der Waals surface area contributed by atoms with Gasteiger partial charge in [0.05, 0.1) is 5.92 Å². The highest BCUT2D eigenvalue weighted by molar-refractivity contribution is 7.99. The van der Waals surface area contributed by atoms with E-state index < -0.39 is 0 Å². The minimum Gasteiger partial charge on any atom is -0.339 e. The zero-order valence-corrected chi connectivity index (χ0v) is 12.6. The maximum atomic E-state index is 6.06. The molecule has 2 unspecified atom stereocenters. The van der Waals surface area contributed by atoms with Crippen LogP contribution < -0.4 is 5.73 Å². The summed E-state index contributed by atoms with van der Waals surface area (Å²) in [6, 6.07) is 6.63. The molecule has 1 aliphatic rings. The van der Waals surface area contributed by atoms with Crippen LogP contribution in [0.2, 0.25) is 0 Å². The maximum Gasteiger partial charge on any atom is 0.232 e. The fourth-order valence-corrected chi connectivity index (χ4v) is 3.95. The summed E-state index contributed by atoms with van der Waals surface area (Å²) >= 11 is 1.85. The lowest BCUT2D eigenvalue weighted by Crippen LogP contribution is -2.26. The fourth-order valence-electron chi connectivity index (χ4n) is 2.67. The Hall–Kier alpha value is -1.33. The standard InChI is InChI=1S/C15H19N3OS/c1-9-3-10(2)5-11(4-9)6-14-17-15(19-18-14)12-7-20-8-13(12)16/h3-5,12-13H,6-8,16H2,1-2H3. The van der Waals surface area contributed by atoms with Gasteiger partial charge in [0.15, 0.2) is 5.82 Å². The van der Waals surface area contributed by atoms with Crippen LogP contribution in [0.25, 0.3) is 0 Å². The quantitative estimate of drug-likeness (QED) is 0.940. The normalized spacial score (nSPS) is 22.4. The van der Waals surface area contributed by atoms with Gasteiger partial charge in [-0.25, -0.2) is 0 Å². The summed E-state index contributed by atoms with van der Waals surface area (Å²) in [4.78, 5) is 4.53. The Labute approximate surface area is 123 Å². The molecular formula is C15H19N3OS. The Kier molecular flexibility index (Phi) is 3.81. The molecule has 4 nitrogen and oxygen atoms in total. The second kappa shape index (κ2) is 5.58. The minimum atomic E-state index is 0.134. The first-order valence-electron chi connectivity index (χ1n) is 6.85. The van der Waals surface area contributed by atoms with Crippen LogP contribution in [0.3, 0.4) is 0 Å². The molecule has 2 atom stereocenters. The predicted molar refractivity (Wildman–Crippen MR) is 81.1 cm³/mol. The van der Waals surface area contributed by atoms with Crippen molar-refractivity contribution in [1.82, 2.24) is 10.1 Å². The number of aromatic nitrogens is 2. The van der Waals surface area contributed by atoms with Gasteiger partial charge in [0.25, 0.3) is 0 Å². The zero-order chi connectivity index (χ0) is 14.1. The lowest BCUT2D eigenvalue weighted by molar-refractivity contribution is 0.349. The smallest absolute Gasteiger partial charge is 0.232 e. The van der Waals surface area contributed by atoms with Gasteiger partial charge in [-0.05, 0) is 19.4 Å². The molecule has 0 amide bonds. The summed E-state index contributed by atoms with van der Waals surface area (Å²) in [6.45, 7) is 4.21. The van der Waals surface area contributed by atoms with Crippen LogP contribution in [0.1, 0.15) is 34.3 Å². The first kappa shape index (κ1) is 13.6. The van der Waals surface area contributed by atoms with E-state index in [1.165, 1.54) is 16.7 Å². The monoisotopic (exact) mass is 289 g/mol. The molecule has 2 heterocycles. The van der Waals surface area contributed by atoms with E-state index in [9.17, 15) is 0 Å². The van der Waals surface area contributed by atoms with Gasteiger partial charge in [-0.1, -0.05) is 34.5 Å². The van der Waals surface area contributed by atoms with Crippen LogP contribution in [0.15, 0.2) is 22.7 Å². The number of benzene rings is 1. The molecule has 1 saturated heterocycles. The van der Waals surface area contributed by atoms with Crippen LogP contribution in [0, 0.1) is 13.8 Å². The van der Waals surface area contributed by atoms with Crippen LogP contribution >= 0.6 is 11.8 Å². The first-order valence-corrected chi connectivity index (χ1v) is 8.00. The van der Waals surface area contributed by atoms with Gasteiger partial charge in [0, 0.05) is 24.0 Å². The topological polar surface area (TPSA) is 64.9 Å². The second-order valence-electron chi connectivity index (χ2n) is 5.53. The van der Waals surface area contributed by atoms with Crippen molar-refractivity contribution in [3.63, 3.8) is 0 Å². The number of hydrogen-bond acceptors (Lipinski definition) is 5. The molecule has 0 spiro atoms. The fraction of sp³-hybridized carbons (Fsp3) is 0.467. The van der Waals surface area contributed by atoms with E-state index in [0.29, 0.717) is 12.3 Å². The molecule has 0 aliphatic carbocycles. The molecule has 3 rings (SSSR count). The number of nitrogens with zero attached hydrogens (tertiary/aromatic N) is 2. The van der Waals surface area contributed by atoms with Gasteiger partial charge in [0.1, 0.15) is 0 Å². The van der Waals surface area contributed by atoms with Crippen LogP contribution in [-0.2, 0) is 6.42 Å². The van der Waals surface area contributed by atoms with Crippen LogP contribution in [0.5, 0.6) is 0 Å². The van der Waals surface area contributed by atoms with Crippen molar-refractivity contribution >= 4 is 11.8 Å². The lowest BCUT2D eigenvalue weighted by atomic mass is 10.0. The Morgan fingerprint density at radius 1 is 1.25 bits per heavy atom. The summed E-state index contributed by atoms with van der Waals surface area (Å²) in [7, 11) is 0. The molecular weight excluding hydrogens is 270 g/mol. The van der Waals surface area contributed by atoms with Gasteiger partial charge >= 0.3 is 0 Å². The lowest BCUT2D eigenvalue weighted by Gasteiger charge is -2.07. The summed E-state index contributed by atoms with van der Waals surface area (Å²) in [6.07, 6.45) is 0.709. The Balaban J connectivity index is 1.77. The summed E-state index contributed by atoms with van der Waals surface area (Å²) in [5.74, 6) is 3.60. The first-order chi connectivity index (χ1) is 9.61. The third kappa shape index (κ3) is 2.88. The minimum absolute atomic E-state index is 0.134. The SMILES string of the molecule is Cc1cc(C)cc(Cc2noc(C3CSCC3N)n2)c1. The predicted octanol–water partition coefficient (Wildman–Crippen LogP) is 2.43. The number of thioether (sulfide) groups is 1. The third-order valence-corrected chi connectivity index (χ3v) is 4.78. The molecule has 0 radical (unpaired) electrons. The molecule has 2 N–H and O–H groups in total. The van der Waals surface area contributed by atoms with E-state index in [4.69, 9.17) is 10.3 Å². The van der Waals surface area contributed by atoms with E-state index >= 15 is 0 Å². The van der Waals surface area contributed by atoms with Crippen molar-refractivity contribution in [2.75, 3.05) is 11.5 Å². The van der Waals surface area contributed by atoms with E-state index in [1.807, 2.05) is 11.8 Å². The van der Waals surface area contributed by atoms with Gasteiger partial charge in [-0.15, -0.1) is 0 Å². The van der Waals surface area contributed by atoms with Crippen molar-refractivity contribution in [2.24, 2.45) is 5.73 Å². The van der Waals surface area contributed by atoms with E-state index in [1.54, 1.807) is 0 Å². The molecule has 1 aliphatic heterocycles. The molecule has 20 heavy (non-hydrogen) atoms. The Morgan fingerprint density at radius 2 is 2.00 bits per heavy atom. The highest BCUT2D eigenvalue weighted by Gasteiger charge is 2.30. The van der Waals surface area contributed by atoms with Gasteiger partial charge in [-0.3, -0.25) is 0 Å². The largest absolute Gasteiger partial charge is 0.339 e. The van der Waals surface area contributed by atoms with Crippen LogP contribution in [0.4, 0.5) is 0 Å². The Morgan fingerprint density at radius 3 is 2.65 bits per heavy atom. The number of hydrogen-bond donors (Lipinski definition) is 1. The van der Waals surface area contributed by atoms with Crippen LogP contribution in [-0.4, -0.2) is 27.7 Å². The van der Waals surface area contributed by atoms with Crippen molar-refractivity contribution < 1.29 is 4.52 Å². The summed E-state index contributed by atoms with van der Waals surface area (Å²) < 4.78 is 5.40. The van der Waals surface area contributed by atoms with Crippen molar-refractivity contribution in [3.8, 4) is 0 Å². The molecule has 0 bridgehead atoms.